The van der Waals surface area contributed by atoms with Gasteiger partial charge in [0.15, 0.2) is 5.65 Å². The highest BCUT2D eigenvalue weighted by Crippen LogP contribution is 2.41. The Morgan fingerprint density at radius 1 is 1.23 bits per heavy atom. The second-order valence-electron chi connectivity index (χ2n) is 10.3. The topological polar surface area (TPSA) is 115 Å². The lowest BCUT2D eigenvalue weighted by Crippen LogP contribution is -2.61. The molecule has 0 atom stereocenters. The number of benzene rings is 1. The number of aryl methyl sites for hydroxylation is 1. The first kappa shape index (κ1) is 24.5. The zero-order chi connectivity index (χ0) is 26.9. The quantitative estimate of drug-likeness (QED) is 0.300. The van der Waals surface area contributed by atoms with E-state index >= 15 is 0 Å². The second kappa shape index (κ2) is 9.00. The van der Waals surface area contributed by atoms with Gasteiger partial charge >= 0.3 is 0 Å². The Bertz CT molecular complexity index is 1750. The van der Waals surface area contributed by atoms with Gasteiger partial charge in [-0.3, -0.25) is 4.79 Å². The van der Waals surface area contributed by atoms with Gasteiger partial charge in [0.25, 0.3) is 5.91 Å². The lowest BCUT2D eigenvalue weighted by molar-refractivity contribution is -0.0892. The number of β-amino-alcohol motifs (C(OH)–C–C–N with tert-alkyl or cyclic N) is 1. The van der Waals surface area contributed by atoms with E-state index in [1.165, 1.54) is 0 Å². The van der Waals surface area contributed by atoms with E-state index in [9.17, 15) is 9.90 Å². The molecule has 10 nitrogen and oxygen atoms in total. The molecule has 1 saturated carbocycles. The minimum atomic E-state index is -1.29. The van der Waals surface area contributed by atoms with Crippen molar-refractivity contribution in [2.45, 2.75) is 37.8 Å². The third-order valence-electron chi connectivity index (χ3n) is 7.29. The fraction of sp³-hybridized carbons (Fsp3) is 0.296. The fourth-order valence-corrected chi connectivity index (χ4v) is 5.44. The van der Waals surface area contributed by atoms with Gasteiger partial charge in [-0.15, -0.1) is 5.10 Å². The normalized spacial score (nSPS) is 16.6. The number of hydrogen-bond acceptors (Lipinski definition) is 7. The number of pyridine rings is 1. The van der Waals surface area contributed by atoms with E-state index in [2.05, 4.69) is 31.3 Å². The van der Waals surface area contributed by atoms with Crippen LogP contribution in [0.3, 0.4) is 0 Å². The van der Waals surface area contributed by atoms with E-state index in [-0.39, 0.29) is 19.0 Å². The maximum Gasteiger partial charge on any atom is 0.254 e. The fourth-order valence-electron chi connectivity index (χ4n) is 4.96. The van der Waals surface area contributed by atoms with Crippen molar-refractivity contribution in [2.24, 2.45) is 0 Å². The first-order valence-corrected chi connectivity index (χ1v) is 13.8. The largest absolute Gasteiger partial charge is 0.464 e. The molecule has 1 aliphatic heterocycles. The number of hydrogen-bond donors (Lipinski definition) is 1. The first-order chi connectivity index (χ1) is 18.8. The highest BCUT2D eigenvalue weighted by molar-refractivity contribution is 9.10. The van der Waals surface area contributed by atoms with Crippen molar-refractivity contribution < 1.29 is 14.3 Å². The molecule has 7 rings (SSSR count). The smallest absolute Gasteiger partial charge is 0.254 e. The monoisotopic (exact) mass is 607 g/mol. The van der Waals surface area contributed by atoms with Crippen LogP contribution < -0.4 is 0 Å². The first-order valence-electron chi connectivity index (χ1n) is 12.6. The summed E-state index contributed by atoms with van der Waals surface area (Å²) in [5, 5.41) is 25.4. The molecule has 198 valence electrons. The Hall–Kier alpha value is -3.54. The lowest BCUT2D eigenvalue weighted by atomic mass is 9.90. The van der Waals surface area contributed by atoms with Crippen molar-refractivity contribution in [1.82, 2.24) is 34.7 Å². The molecule has 0 spiro atoms. The maximum atomic E-state index is 13.7. The second-order valence-corrected chi connectivity index (χ2v) is 11.5. The highest BCUT2D eigenvalue weighted by Gasteiger charge is 2.48. The Kier molecular flexibility index (Phi) is 5.66. The molecule has 1 saturated heterocycles. The average Bonchev–Trinajstić information content (AvgIpc) is 3.27. The number of nitrogens with zero attached hydrogens (tertiary/aromatic N) is 7. The third-order valence-corrected chi connectivity index (χ3v) is 8.50. The van der Waals surface area contributed by atoms with Crippen molar-refractivity contribution in [3.05, 3.63) is 86.8 Å². The number of amides is 1. The van der Waals surface area contributed by atoms with E-state index < -0.39 is 5.60 Å². The summed E-state index contributed by atoms with van der Waals surface area (Å²) in [6, 6.07) is 11.1. The van der Waals surface area contributed by atoms with Gasteiger partial charge in [0.2, 0.25) is 0 Å². The molecule has 0 radical (unpaired) electrons. The Morgan fingerprint density at radius 2 is 2.05 bits per heavy atom. The number of carbonyl (C=O) groups is 1. The van der Waals surface area contributed by atoms with Crippen LogP contribution in [0.5, 0.6) is 0 Å². The Balaban J connectivity index is 1.14. The van der Waals surface area contributed by atoms with Crippen LogP contribution in [-0.4, -0.2) is 58.8 Å². The molecule has 1 N–H and O–H groups in total. The summed E-state index contributed by atoms with van der Waals surface area (Å²) < 4.78 is 9.81. The van der Waals surface area contributed by atoms with Crippen molar-refractivity contribution in [3.8, 4) is 5.69 Å². The van der Waals surface area contributed by atoms with E-state index in [1.54, 1.807) is 32.7 Å². The molecule has 1 aliphatic carbocycles. The highest BCUT2D eigenvalue weighted by atomic mass is 79.9. The summed E-state index contributed by atoms with van der Waals surface area (Å²) in [6.45, 7) is 2.54. The van der Waals surface area contributed by atoms with E-state index in [4.69, 9.17) is 21.0 Å². The third kappa shape index (κ3) is 4.34. The number of aromatic nitrogens is 6. The van der Waals surface area contributed by atoms with Crippen molar-refractivity contribution in [3.63, 3.8) is 0 Å². The summed E-state index contributed by atoms with van der Waals surface area (Å²) in [5.74, 6) is 1.79. The van der Waals surface area contributed by atoms with Crippen molar-refractivity contribution in [2.75, 3.05) is 13.1 Å². The zero-order valence-corrected chi connectivity index (χ0v) is 23.2. The van der Waals surface area contributed by atoms with Crippen LogP contribution in [-0.2, 0) is 12.1 Å². The van der Waals surface area contributed by atoms with E-state index in [0.29, 0.717) is 39.8 Å². The minimum absolute atomic E-state index is 0.108. The maximum absolute atomic E-state index is 13.7. The summed E-state index contributed by atoms with van der Waals surface area (Å²) in [6.07, 6.45) is 5.47. The lowest BCUT2D eigenvalue weighted by Gasteiger charge is -2.45. The number of likely N-dealkylation sites (tertiary alicyclic amines) is 1. The minimum Gasteiger partial charge on any atom is -0.464 e. The van der Waals surface area contributed by atoms with Gasteiger partial charge in [0, 0.05) is 16.1 Å². The predicted molar refractivity (Wildman–Crippen MR) is 146 cm³/mol. The standard InChI is InChI=1S/C27H23BrClN7O3/c1-15-2-6-18(39-15)11-36-25-20(10-30-36)19(9-23(31-25)16-3-4-16)26(37)34-13-27(38,14-34)24-12-35(33-32-24)17-5-7-22(29)21(28)8-17/h2,5-10,12,16,38H,3-4,11,13-14H2,1H3. The molecule has 2 fully saturated rings. The Labute approximate surface area is 236 Å². The molecular weight excluding hydrogens is 586 g/mol. The molecule has 4 aromatic heterocycles. The van der Waals surface area contributed by atoms with Crippen LogP contribution in [0.2, 0.25) is 5.02 Å². The molecule has 2 aliphatic rings. The summed E-state index contributed by atoms with van der Waals surface area (Å²) >= 11 is 9.51. The van der Waals surface area contributed by atoms with Gasteiger partial charge in [-0.25, -0.2) is 14.3 Å². The van der Waals surface area contributed by atoms with E-state index in [1.807, 2.05) is 37.3 Å². The van der Waals surface area contributed by atoms with Crippen LogP contribution in [0.25, 0.3) is 16.7 Å². The van der Waals surface area contributed by atoms with Gasteiger partial charge in [-0.1, -0.05) is 16.8 Å². The van der Waals surface area contributed by atoms with Gasteiger partial charge in [0.05, 0.1) is 47.1 Å². The summed E-state index contributed by atoms with van der Waals surface area (Å²) in [4.78, 5) is 20.2. The molecule has 1 aromatic carbocycles. The number of rotatable bonds is 6. The van der Waals surface area contributed by atoms with Gasteiger partial charge in [-0.2, -0.15) is 5.10 Å². The number of aliphatic hydroxyl groups is 1. The number of furan rings is 1. The van der Waals surface area contributed by atoms with Gasteiger partial charge < -0.3 is 14.4 Å². The van der Waals surface area contributed by atoms with Crippen LogP contribution >= 0.6 is 27.5 Å². The molecular formula is C27H23BrClN7O3. The predicted octanol–water partition coefficient (Wildman–Crippen LogP) is 4.60. The number of fused-ring (bicyclic) bond motifs is 1. The molecule has 39 heavy (non-hydrogen) atoms. The van der Waals surface area contributed by atoms with Crippen LogP contribution in [0, 0.1) is 6.92 Å². The summed E-state index contributed by atoms with van der Waals surface area (Å²) in [5.41, 5.74) is 1.96. The van der Waals surface area contributed by atoms with Crippen molar-refractivity contribution in [1.29, 1.82) is 0 Å². The van der Waals surface area contributed by atoms with Crippen LogP contribution in [0.4, 0.5) is 0 Å². The SMILES string of the molecule is Cc1ccc(Cn2ncc3c(C(=O)N4CC(O)(c5cn(-c6ccc(Cl)c(Br)c6)nn5)C4)cc(C4CC4)nc32)o1. The zero-order valence-electron chi connectivity index (χ0n) is 20.9. The van der Waals surface area contributed by atoms with Crippen LogP contribution in [0.1, 0.15) is 52.0 Å². The summed E-state index contributed by atoms with van der Waals surface area (Å²) in [7, 11) is 0. The molecule has 0 bridgehead atoms. The molecule has 1 amide bonds. The number of carbonyl (C=O) groups excluding carboxylic acids is 1. The van der Waals surface area contributed by atoms with Gasteiger partial charge in [-0.05, 0) is 72.1 Å². The molecule has 12 heteroatoms. The molecule has 5 aromatic rings. The van der Waals surface area contributed by atoms with Crippen molar-refractivity contribution >= 4 is 44.5 Å². The van der Waals surface area contributed by atoms with E-state index in [0.717, 1.165) is 40.2 Å². The van der Waals surface area contributed by atoms with Crippen LogP contribution in [0.15, 0.2) is 57.7 Å². The number of halogens is 2. The Morgan fingerprint density at radius 3 is 2.77 bits per heavy atom. The molecule has 5 heterocycles. The van der Waals surface area contributed by atoms with Gasteiger partial charge in [0.1, 0.15) is 29.4 Å². The average molecular weight is 609 g/mol. The molecule has 0 unspecified atom stereocenters.